The lowest BCUT2D eigenvalue weighted by Gasteiger charge is -1.96. The van der Waals surface area contributed by atoms with Crippen LogP contribution in [0.4, 0.5) is 0 Å². The van der Waals surface area contributed by atoms with Crippen molar-refractivity contribution in [3.8, 4) is 0 Å². The molecule has 0 rings (SSSR count). The van der Waals surface area contributed by atoms with Crippen LogP contribution >= 0.6 is 0 Å². The summed E-state index contributed by atoms with van der Waals surface area (Å²) in [5.74, 6) is 0.612. The minimum absolute atomic E-state index is 0.612. The first-order valence-corrected chi connectivity index (χ1v) is 3.74. The lowest BCUT2D eigenvalue weighted by atomic mass is 10.1. The molecule has 0 bridgehead atoms. The average Bonchev–Trinajstić information content (AvgIpc) is 1.90. The summed E-state index contributed by atoms with van der Waals surface area (Å²) in [7, 11) is 0. The quantitative estimate of drug-likeness (QED) is 0.595. The minimum Gasteiger partial charge on any atom is -0.327 e. The van der Waals surface area contributed by atoms with Crippen LogP contribution in [0.1, 0.15) is 20.8 Å². The van der Waals surface area contributed by atoms with Gasteiger partial charge in [0.2, 0.25) is 0 Å². The maximum Gasteiger partial charge on any atom is 0.0174 e. The first-order chi connectivity index (χ1) is 4.70. The Bertz CT molecular complexity index is 132. The first-order valence-electron chi connectivity index (χ1n) is 3.74. The Labute approximate surface area is 63.6 Å². The van der Waals surface area contributed by atoms with Crippen molar-refractivity contribution in [2.75, 3.05) is 6.54 Å². The summed E-state index contributed by atoms with van der Waals surface area (Å²) < 4.78 is 0. The maximum absolute atomic E-state index is 5.45. The van der Waals surface area contributed by atoms with Crippen LogP contribution in [-0.4, -0.2) is 6.54 Å². The second kappa shape index (κ2) is 5.24. The van der Waals surface area contributed by atoms with E-state index in [1.165, 1.54) is 5.57 Å². The fourth-order valence-electron chi connectivity index (χ4n) is 0.598. The number of allylic oxidation sites excluding steroid dienone is 2. The smallest absolute Gasteiger partial charge is 0.0174 e. The van der Waals surface area contributed by atoms with Gasteiger partial charge in [0.15, 0.2) is 0 Å². The van der Waals surface area contributed by atoms with Crippen molar-refractivity contribution in [2.45, 2.75) is 20.8 Å². The normalized spacial score (nSPS) is 13.5. The molecule has 0 saturated carbocycles. The van der Waals surface area contributed by atoms with Gasteiger partial charge in [0.1, 0.15) is 0 Å². The van der Waals surface area contributed by atoms with Crippen LogP contribution in [0.3, 0.4) is 0 Å². The molecule has 2 N–H and O–H groups in total. The molecule has 10 heavy (non-hydrogen) atoms. The third-order valence-electron chi connectivity index (χ3n) is 1.30. The molecule has 1 nitrogen and oxygen atoms in total. The lowest BCUT2D eigenvalue weighted by Crippen LogP contribution is -2.00. The Hall–Kier alpha value is -0.560. The fourth-order valence-corrected chi connectivity index (χ4v) is 0.598. The molecule has 1 heteroatoms. The Kier molecular flexibility index (Phi) is 4.95. The highest BCUT2D eigenvalue weighted by Crippen LogP contribution is 1.99. The highest BCUT2D eigenvalue weighted by Gasteiger charge is 1.86. The molecule has 0 spiro atoms. The van der Waals surface area contributed by atoms with Gasteiger partial charge in [-0.1, -0.05) is 32.1 Å². The van der Waals surface area contributed by atoms with Gasteiger partial charge in [-0.25, -0.2) is 0 Å². The van der Waals surface area contributed by atoms with Gasteiger partial charge in [0.25, 0.3) is 0 Å². The number of nitrogens with two attached hydrogens (primary N) is 1. The Morgan fingerprint density at radius 2 is 2.10 bits per heavy atom. The summed E-state index contributed by atoms with van der Waals surface area (Å²) in [5, 5.41) is 0. The summed E-state index contributed by atoms with van der Waals surface area (Å²) in [6, 6.07) is 0. The predicted molar refractivity (Wildman–Crippen MR) is 46.8 cm³/mol. The summed E-state index contributed by atoms with van der Waals surface area (Å²) in [5.41, 5.74) is 6.65. The largest absolute Gasteiger partial charge is 0.327 e. The van der Waals surface area contributed by atoms with Gasteiger partial charge in [0.05, 0.1) is 0 Å². The van der Waals surface area contributed by atoms with E-state index in [4.69, 9.17) is 5.73 Å². The maximum atomic E-state index is 5.45. The van der Waals surface area contributed by atoms with Gasteiger partial charge in [-0.3, -0.25) is 0 Å². The van der Waals surface area contributed by atoms with Gasteiger partial charge in [-0.2, -0.15) is 0 Å². The molecule has 0 radical (unpaired) electrons. The van der Waals surface area contributed by atoms with Gasteiger partial charge < -0.3 is 5.73 Å². The Balaban J connectivity index is 3.86. The molecule has 0 amide bonds. The SMILES string of the molecule is C/C=C(\C=C/C(C)C)CN. The molecule has 0 saturated heterocycles. The van der Waals surface area contributed by atoms with Crippen molar-refractivity contribution in [3.05, 3.63) is 23.8 Å². The molecular weight excluding hydrogens is 122 g/mol. The van der Waals surface area contributed by atoms with Crippen LogP contribution in [0.5, 0.6) is 0 Å². The third kappa shape index (κ3) is 4.33. The van der Waals surface area contributed by atoms with Crippen LogP contribution in [0.15, 0.2) is 23.8 Å². The van der Waals surface area contributed by atoms with Crippen molar-refractivity contribution in [1.29, 1.82) is 0 Å². The molecule has 0 aliphatic heterocycles. The van der Waals surface area contributed by atoms with Gasteiger partial charge in [-0.05, 0) is 18.4 Å². The Morgan fingerprint density at radius 3 is 2.40 bits per heavy atom. The zero-order chi connectivity index (χ0) is 7.98. The molecule has 0 aliphatic carbocycles. The van der Waals surface area contributed by atoms with E-state index >= 15 is 0 Å². The van der Waals surface area contributed by atoms with E-state index in [0.717, 1.165) is 0 Å². The molecule has 58 valence electrons. The Morgan fingerprint density at radius 1 is 1.50 bits per heavy atom. The van der Waals surface area contributed by atoms with Crippen LogP contribution in [0.25, 0.3) is 0 Å². The van der Waals surface area contributed by atoms with Crippen molar-refractivity contribution >= 4 is 0 Å². The highest BCUT2D eigenvalue weighted by atomic mass is 14.5. The van der Waals surface area contributed by atoms with Crippen LogP contribution < -0.4 is 5.73 Å². The summed E-state index contributed by atoms with van der Waals surface area (Å²) in [6.07, 6.45) is 6.28. The molecule has 0 aromatic rings. The van der Waals surface area contributed by atoms with E-state index in [-0.39, 0.29) is 0 Å². The summed E-state index contributed by atoms with van der Waals surface area (Å²) in [6.45, 7) is 6.95. The standard InChI is InChI=1S/C9H17N/c1-4-9(7-10)6-5-8(2)3/h4-6,8H,7,10H2,1-3H3/b6-5-,9-4+. The lowest BCUT2D eigenvalue weighted by molar-refractivity contribution is 0.830. The molecule has 0 atom stereocenters. The molecule has 0 aromatic heterocycles. The minimum atomic E-state index is 0.612. The second-order valence-electron chi connectivity index (χ2n) is 2.67. The number of hydrogen-bond donors (Lipinski definition) is 1. The van der Waals surface area contributed by atoms with Crippen molar-refractivity contribution < 1.29 is 0 Å². The predicted octanol–water partition coefficient (Wildman–Crippen LogP) is 2.10. The molecule has 0 fully saturated rings. The van der Waals surface area contributed by atoms with Crippen molar-refractivity contribution in [1.82, 2.24) is 0 Å². The van der Waals surface area contributed by atoms with Gasteiger partial charge >= 0.3 is 0 Å². The van der Waals surface area contributed by atoms with E-state index in [9.17, 15) is 0 Å². The zero-order valence-corrected chi connectivity index (χ0v) is 7.09. The topological polar surface area (TPSA) is 26.0 Å². The molecular formula is C9H17N. The monoisotopic (exact) mass is 139 g/mol. The van der Waals surface area contributed by atoms with Gasteiger partial charge in [-0.15, -0.1) is 0 Å². The fraction of sp³-hybridized carbons (Fsp3) is 0.556. The van der Waals surface area contributed by atoms with Crippen LogP contribution in [0, 0.1) is 5.92 Å². The third-order valence-corrected chi connectivity index (χ3v) is 1.30. The summed E-state index contributed by atoms with van der Waals surface area (Å²) >= 11 is 0. The molecule has 0 aliphatic rings. The van der Waals surface area contributed by atoms with Gasteiger partial charge in [0, 0.05) is 6.54 Å². The molecule has 0 heterocycles. The average molecular weight is 139 g/mol. The van der Waals surface area contributed by atoms with Crippen molar-refractivity contribution in [2.24, 2.45) is 11.7 Å². The number of hydrogen-bond acceptors (Lipinski definition) is 1. The van der Waals surface area contributed by atoms with E-state index in [2.05, 4.69) is 26.0 Å². The second-order valence-corrected chi connectivity index (χ2v) is 2.67. The summed E-state index contributed by atoms with van der Waals surface area (Å²) in [4.78, 5) is 0. The van der Waals surface area contributed by atoms with Crippen molar-refractivity contribution in [3.63, 3.8) is 0 Å². The van der Waals surface area contributed by atoms with Crippen LogP contribution in [-0.2, 0) is 0 Å². The first kappa shape index (κ1) is 9.44. The molecule has 0 aromatic carbocycles. The van der Waals surface area contributed by atoms with Crippen LogP contribution in [0.2, 0.25) is 0 Å². The zero-order valence-electron chi connectivity index (χ0n) is 7.09. The van der Waals surface area contributed by atoms with E-state index < -0.39 is 0 Å². The van der Waals surface area contributed by atoms with E-state index in [1.807, 2.05) is 13.0 Å². The molecule has 0 unspecified atom stereocenters. The van der Waals surface area contributed by atoms with E-state index in [0.29, 0.717) is 12.5 Å². The number of rotatable bonds is 3. The highest BCUT2D eigenvalue weighted by molar-refractivity contribution is 5.19. The van der Waals surface area contributed by atoms with E-state index in [1.54, 1.807) is 0 Å².